The van der Waals surface area contributed by atoms with Gasteiger partial charge in [-0.25, -0.2) is 0 Å². The Kier molecular flexibility index (Phi) is 3.08. The van der Waals surface area contributed by atoms with Gasteiger partial charge in [-0.2, -0.15) is 0 Å². The topological polar surface area (TPSA) is 50.5 Å². The molecular formula is C12H15NO3. The standard InChI is InChI=1S/C12H15NO3/c1-9(14)7-11-3-2-5-13(11)12(15)10-4-6-16-8-10/h4,6,8,11H,2-3,5,7H2,1H3. The van der Waals surface area contributed by atoms with Crippen LogP contribution in [0.25, 0.3) is 0 Å². The van der Waals surface area contributed by atoms with E-state index in [1.807, 2.05) is 0 Å². The van der Waals surface area contributed by atoms with Gasteiger partial charge in [-0.3, -0.25) is 9.59 Å². The van der Waals surface area contributed by atoms with Crippen LogP contribution in [0.15, 0.2) is 23.0 Å². The van der Waals surface area contributed by atoms with E-state index in [9.17, 15) is 9.59 Å². The van der Waals surface area contributed by atoms with Crippen LogP contribution >= 0.6 is 0 Å². The highest BCUT2D eigenvalue weighted by atomic mass is 16.3. The fraction of sp³-hybridized carbons (Fsp3) is 0.500. The third-order valence-electron chi connectivity index (χ3n) is 2.93. The molecule has 2 rings (SSSR count). The molecule has 0 saturated carbocycles. The molecule has 0 N–H and O–H groups in total. The number of Topliss-reactive ketones (excluding diaryl/α,β-unsaturated/α-hetero) is 1. The first kappa shape index (κ1) is 10.9. The molecule has 1 saturated heterocycles. The van der Waals surface area contributed by atoms with Crippen LogP contribution in [0.3, 0.4) is 0 Å². The zero-order valence-electron chi connectivity index (χ0n) is 9.31. The number of hydrogen-bond donors (Lipinski definition) is 0. The molecule has 1 aliphatic heterocycles. The number of carbonyl (C=O) groups excluding carboxylic acids is 2. The summed E-state index contributed by atoms with van der Waals surface area (Å²) in [7, 11) is 0. The lowest BCUT2D eigenvalue weighted by atomic mass is 10.1. The third-order valence-corrected chi connectivity index (χ3v) is 2.93. The molecule has 0 bridgehead atoms. The summed E-state index contributed by atoms with van der Waals surface area (Å²) in [5.41, 5.74) is 0.565. The second-order valence-electron chi connectivity index (χ2n) is 4.21. The summed E-state index contributed by atoms with van der Waals surface area (Å²) in [6, 6.07) is 1.73. The molecule has 1 atom stereocenters. The molecule has 1 aromatic rings. The fourth-order valence-electron chi connectivity index (χ4n) is 2.20. The minimum atomic E-state index is -0.0301. The van der Waals surface area contributed by atoms with Gasteiger partial charge in [0.2, 0.25) is 0 Å². The molecule has 1 unspecified atom stereocenters. The molecule has 0 aliphatic carbocycles. The van der Waals surface area contributed by atoms with Gasteiger partial charge in [0.15, 0.2) is 0 Å². The highest BCUT2D eigenvalue weighted by molar-refractivity contribution is 5.94. The number of furan rings is 1. The Hall–Kier alpha value is -1.58. The van der Waals surface area contributed by atoms with Gasteiger partial charge < -0.3 is 9.32 Å². The van der Waals surface area contributed by atoms with Crippen molar-refractivity contribution in [3.63, 3.8) is 0 Å². The van der Waals surface area contributed by atoms with E-state index in [1.165, 1.54) is 12.5 Å². The molecule has 4 heteroatoms. The number of ketones is 1. The number of carbonyl (C=O) groups is 2. The maximum Gasteiger partial charge on any atom is 0.257 e. The molecule has 1 amide bonds. The predicted octanol–water partition coefficient (Wildman–Crippen LogP) is 1.86. The molecule has 0 aromatic carbocycles. The first-order chi connectivity index (χ1) is 7.68. The summed E-state index contributed by atoms with van der Waals surface area (Å²) in [6.45, 7) is 2.31. The minimum absolute atomic E-state index is 0.0301. The normalized spacial score (nSPS) is 20.1. The zero-order valence-corrected chi connectivity index (χ0v) is 9.31. The largest absolute Gasteiger partial charge is 0.472 e. The van der Waals surface area contributed by atoms with E-state index in [0.717, 1.165) is 19.4 Å². The van der Waals surface area contributed by atoms with Crippen molar-refractivity contribution in [2.75, 3.05) is 6.54 Å². The minimum Gasteiger partial charge on any atom is -0.472 e. The third kappa shape index (κ3) is 2.15. The Balaban J connectivity index is 2.08. The smallest absolute Gasteiger partial charge is 0.257 e. The van der Waals surface area contributed by atoms with E-state index in [4.69, 9.17) is 4.42 Å². The van der Waals surface area contributed by atoms with Gasteiger partial charge in [-0.15, -0.1) is 0 Å². The maximum absolute atomic E-state index is 12.1. The van der Waals surface area contributed by atoms with Gasteiger partial charge in [-0.1, -0.05) is 0 Å². The van der Waals surface area contributed by atoms with E-state index in [1.54, 1.807) is 17.9 Å². The van der Waals surface area contributed by atoms with E-state index >= 15 is 0 Å². The number of rotatable bonds is 3. The van der Waals surface area contributed by atoms with E-state index in [2.05, 4.69) is 0 Å². The SMILES string of the molecule is CC(=O)CC1CCCN1C(=O)c1ccoc1. The molecule has 1 aliphatic rings. The molecule has 86 valence electrons. The van der Waals surface area contributed by atoms with Crippen molar-refractivity contribution in [2.45, 2.75) is 32.2 Å². The van der Waals surface area contributed by atoms with Gasteiger partial charge in [0.1, 0.15) is 12.0 Å². The maximum atomic E-state index is 12.1. The van der Waals surface area contributed by atoms with Crippen LogP contribution in [0, 0.1) is 0 Å². The van der Waals surface area contributed by atoms with Crippen molar-refractivity contribution in [2.24, 2.45) is 0 Å². The number of hydrogen-bond acceptors (Lipinski definition) is 3. The second-order valence-corrected chi connectivity index (χ2v) is 4.21. The van der Waals surface area contributed by atoms with Crippen LogP contribution in [0.4, 0.5) is 0 Å². The van der Waals surface area contributed by atoms with Crippen molar-refractivity contribution in [3.8, 4) is 0 Å². The van der Waals surface area contributed by atoms with Gasteiger partial charge >= 0.3 is 0 Å². The van der Waals surface area contributed by atoms with Gasteiger partial charge in [0.25, 0.3) is 5.91 Å². The lowest BCUT2D eigenvalue weighted by Gasteiger charge is -2.23. The summed E-state index contributed by atoms with van der Waals surface area (Å²) in [4.78, 5) is 24.9. The van der Waals surface area contributed by atoms with E-state index < -0.39 is 0 Å². The van der Waals surface area contributed by atoms with Crippen molar-refractivity contribution < 1.29 is 14.0 Å². The molecule has 1 fully saturated rings. The number of amides is 1. The molecular weight excluding hydrogens is 206 g/mol. The van der Waals surface area contributed by atoms with Crippen molar-refractivity contribution in [1.29, 1.82) is 0 Å². The van der Waals surface area contributed by atoms with Crippen LogP contribution in [-0.4, -0.2) is 29.2 Å². The number of nitrogens with zero attached hydrogens (tertiary/aromatic N) is 1. The van der Waals surface area contributed by atoms with Gasteiger partial charge in [0.05, 0.1) is 11.8 Å². The average Bonchev–Trinajstić information content (AvgIpc) is 2.84. The van der Waals surface area contributed by atoms with Gasteiger partial charge in [0, 0.05) is 19.0 Å². The Morgan fingerprint density at radius 2 is 2.38 bits per heavy atom. The summed E-state index contributed by atoms with van der Waals surface area (Å²) < 4.78 is 4.90. The van der Waals surface area contributed by atoms with Crippen LogP contribution in [0.2, 0.25) is 0 Å². The molecule has 4 nitrogen and oxygen atoms in total. The quantitative estimate of drug-likeness (QED) is 0.782. The average molecular weight is 221 g/mol. The lowest BCUT2D eigenvalue weighted by Crippen LogP contribution is -2.36. The molecule has 1 aromatic heterocycles. The summed E-state index contributed by atoms with van der Waals surface area (Å²) in [5, 5.41) is 0. The van der Waals surface area contributed by atoms with Crippen LogP contribution in [0.1, 0.15) is 36.5 Å². The van der Waals surface area contributed by atoms with Crippen molar-refractivity contribution in [1.82, 2.24) is 4.90 Å². The summed E-state index contributed by atoms with van der Waals surface area (Å²) >= 11 is 0. The number of likely N-dealkylation sites (tertiary alicyclic amines) is 1. The van der Waals surface area contributed by atoms with E-state index in [-0.39, 0.29) is 17.7 Å². The van der Waals surface area contributed by atoms with Crippen LogP contribution < -0.4 is 0 Å². The van der Waals surface area contributed by atoms with E-state index in [0.29, 0.717) is 12.0 Å². The lowest BCUT2D eigenvalue weighted by molar-refractivity contribution is -0.117. The summed E-state index contributed by atoms with van der Waals surface area (Å²) in [6.07, 6.45) is 5.29. The molecule has 0 radical (unpaired) electrons. The Bertz CT molecular complexity index is 383. The fourth-order valence-corrected chi connectivity index (χ4v) is 2.20. The Labute approximate surface area is 94.2 Å². The van der Waals surface area contributed by atoms with Crippen molar-refractivity contribution in [3.05, 3.63) is 24.2 Å². The Morgan fingerprint density at radius 3 is 3.00 bits per heavy atom. The molecule has 0 spiro atoms. The highest BCUT2D eigenvalue weighted by Crippen LogP contribution is 2.22. The molecule has 16 heavy (non-hydrogen) atoms. The van der Waals surface area contributed by atoms with Crippen molar-refractivity contribution >= 4 is 11.7 Å². The monoisotopic (exact) mass is 221 g/mol. The predicted molar refractivity (Wildman–Crippen MR) is 58.1 cm³/mol. The van der Waals surface area contributed by atoms with Gasteiger partial charge in [-0.05, 0) is 25.8 Å². The first-order valence-electron chi connectivity index (χ1n) is 5.51. The van der Waals surface area contributed by atoms with Crippen LogP contribution in [0.5, 0.6) is 0 Å². The summed E-state index contributed by atoms with van der Waals surface area (Å²) in [5.74, 6) is 0.106. The first-order valence-corrected chi connectivity index (χ1v) is 5.51. The molecule has 2 heterocycles. The second kappa shape index (κ2) is 4.51. The zero-order chi connectivity index (χ0) is 11.5. The Morgan fingerprint density at radius 1 is 1.56 bits per heavy atom. The highest BCUT2D eigenvalue weighted by Gasteiger charge is 2.30. The van der Waals surface area contributed by atoms with Crippen LogP contribution in [-0.2, 0) is 4.79 Å².